The minimum atomic E-state index is -0.245. The SMILES string of the molecule is NC(c1ccc(F)c(Br)c1)C1CCCc2ccccc21. The van der Waals surface area contributed by atoms with Gasteiger partial charge in [-0.2, -0.15) is 0 Å². The molecule has 0 bridgehead atoms. The van der Waals surface area contributed by atoms with Gasteiger partial charge in [0, 0.05) is 12.0 Å². The van der Waals surface area contributed by atoms with Crippen LogP contribution < -0.4 is 5.73 Å². The average molecular weight is 334 g/mol. The molecule has 3 rings (SSSR count). The van der Waals surface area contributed by atoms with Crippen LogP contribution in [0.3, 0.4) is 0 Å². The highest BCUT2D eigenvalue weighted by molar-refractivity contribution is 9.10. The van der Waals surface area contributed by atoms with E-state index < -0.39 is 0 Å². The number of hydrogen-bond donors (Lipinski definition) is 1. The second kappa shape index (κ2) is 5.66. The summed E-state index contributed by atoms with van der Waals surface area (Å²) in [6.07, 6.45) is 3.39. The van der Waals surface area contributed by atoms with Gasteiger partial charge in [0.25, 0.3) is 0 Å². The highest BCUT2D eigenvalue weighted by atomic mass is 79.9. The van der Waals surface area contributed by atoms with Crippen LogP contribution in [-0.4, -0.2) is 0 Å². The maximum atomic E-state index is 13.4. The van der Waals surface area contributed by atoms with Crippen molar-refractivity contribution in [3.63, 3.8) is 0 Å². The first kappa shape index (κ1) is 13.8. The summed E-state index contributed by atoms with van der Waals surface area (Å²) in [4.78, 5) is 0. The fourth-order valence-electron chi connectivity index (χ4n) is 3.12. The molecule has 0 saturated carbocycles. The molecule has 0 saturated heterocycles. The Bertz CT molecular complexity index is 626. The van der Waals surface area contributed by atoms with Crippen LogP contribution in [0.5, 0.6) is 0 Å². The van der Waals surface area contributed by atoms with Gasteiger partial charge < -0.3 is 5.73 Å². The van der Waals surface area contributed by atoms with Gasteiger partial charge in [-0.15, -0.1) is 0 Å². The van der Waals surface area contributed by atoms with E-state index in [1.807, 2.05) is 0 Å². The predicted octanol–water partition coefficient (Wildman–Crippen LogP) is 4.71. The van der Waals surface area contributed by atoms with Gasteiger partial charge in [0.05, 0.1) is 4.47 Å². The van der Waals surface area contributed by atoms with Gasteiger partial charge in [0.2, 0.25) is 0 Å². The van der Waals surface area contributed by atoms with Gasteiger partial charge in [-0.25, -0.2) is 4.39 Å². The third-order valence-corrected chi connectivity index (χ3v) is 4.79. The topological polar surface area (TPSA) is 26.0 Å². The van der Waals surface area contributed by atoms with E-state index in [-0.39, 0.29) is 11.9 Å². The van der Waals surface area contributed by atoms with E-state index in [0.29, 0.717) is 10.4 Å². The first-order chi connectivity index (χ1) is 9.66. The molecule has 0 radical (unpaired) electrons. The summed E-state index contributed by atoms with van der Waals surface area (Å²) < 4.78 is 13.8. The number of halogens is 2. The number of benzene rings is 2. The van der Waals surface area contributed by atoms with Crippen LogP contribution >= 0.6 is 15.9 Å². The molecule has 2 N–H and O–H groups in total. The van der Waals surface area contributed by atoms with Gasteiger partial charge in [-0.3, -0.25) is 0 Å². The van der Waals surface area contributed by atoms with E-state index in [1.165, 1.54) is 17.2 Å². The molecule has 1 aliphatic rings. The van der Waals surface area contributed by atoms with Gasteiger partial charge in [0.15, 0.2) is 0 Å². The lowest BCUT2D eigenvalue weighted by Gasteiger charge is -2.30. The molecule has 0 heterocycles. The Morgan fingerprint density at radius 3 is 2.80 bits per heavy atom. The van der Waals surface area contributed by atoms with Gasteiger partial charge in [0.1, 0.15) is 5.82 Å². The highest BCUT2D eigenvalue weighted by Crippen LogP contribution is 2.39. The Hall–Kier alpha value is -1.19. The molecule has 1 aliphatic carbocycles. The van der Waals surface area contributed by atoms with Crippen molar-refractivity contribution in [1.29, 1.82) is 0 Å². The molecule has 0 spiro atoms. The summed E-state index contributed by atoms with van der Waals surface area (Å²) in [6.45, 7) is 0. The standard InChI is InChI=1S/C17H17BrFN/c18-15-10-12(8-9-16(15)19)17(20)14-7-3-5-11-4-1-2-6-13(11)14/h1-2,4,6,8-10,14,17H,3,5,7,20H2. The zero-order chi connectivity index (χ0) is 14.1. The quantitative estimate of drug-likeness (QED) is 0.846. The fraction of sp³-hybridized carbons (Fsp3) is 0.294. The molecule has 1 nitrogen and oxygen atoms in total. The fourth-order valence-corrected chi connectivity index (χ4v) is 3.51. The predicted molar refractivity (Wildman–Crippen MR) is 83.1 cm³/mol. The summed E-state index contributed by atoms with van der Waals surface area (Å²) >= 11 is 3.24. The lowest BCUT2D eigenvalue weighted by molar-refractivity contribution is 0.474. The summed E-state index contributed by atoms with van der Waals surface area (Å²) in [5.41, 5.74) is 10.2. The second-order valence-corrected chi connectivity index (χ2v) is 6.25. The van der Waals surface area contributed by atoms with Crippen molar-refractivity contribution < 1.29 is 4.39 Å². The lowest BCUT2D eigenvalue weighted by Crippen LogP contribution is -2.23. The largest absolute Gasteiger partial charge is 0.323 e. The molecule has 2 aromatic carbocycles. The smallest absolute Gasteiger partial charge is 0.137 e. The van der Waals surface area contributed by atoms with E-state index in [4.69, 9.17) is 5.73 Å². The Labute approximate surface area is 127 Å². The summed E-state index contributed by atoms with van der Waals surface area (Å²) in [5.74, 6) is 0.0716. The first-order valence-corrected chi connectivity index (χ1v) is 7.74. The second-order valence-electron chi connectivity index (χ2n) is 5.40. The van der Waals surface area contributed by atoms with Gasteiger partial charge in [-0.05, 0) is 64.0 Å². The van der Waals surface area contributed by atoms with Crippen LogP contribution in [-0.2, 0) is 6.42 Å². The summed E-state index contributed by atoms with van der Waals surface area (Å²) in [7, 11) is 0. The van der Waals surface area contributed by atoms with Crippen molar-refractivity contribution in [2.45, 2.75) is 31.2 Å². The monoisotopic (exact) mass is 333 g/mol. The number of hydrogen-bond acceptors (Lipinski definition) is 1. The van der Waals surface area contributed by atoms with Crippen molar-refractivity contribution in [3.8, 4) is 0 Å². The highest BCUT2D eigenvalue weighted by Gasteiger charge is 2.26. The minimum Gasteiger partial charge on any atom is -0.323 e. The number of nitrogens with two attached hydrogens (primary N) is 1. The molecular formula is C17H17BrFN. The Morgan fingerprint density at radius 2 is 2.00 bits per heavy atom. The van der Waals surface area contributed by atoms with E-state index in [9.17, 15) is 4.39 Å². The minimum absolute atomic E-state index is 0.0895. The molecule has 104 valence electrons. The molecule has 0 fully saturated rings. The van der Waals surface area contributed by atoms with Crippen molar-refractivity contribution >= 4 is 15.9 Å². The molecule has 2 aromatic rings. The number of fused-ring (bicyclic) bond motifs is 1. The van der Waals surface area contributed by atoms with E-state index in [2.05, 4.69) is 40.2 Å². The van der Waals surface area contributed by atoms with Crippen LogP contribution in [0, 0.1) is 5.82 Å². The summed E-state index contributed by atoms with van der Waals surface area (Å²) in [6, 6.07) is 13.5. The van der Waals surface area contributed by atoms with Crippen LogP contribution in [0.2, 0.25) is 0 Å². The van der Waals surface area contributed by atoms with Crippen LogP contribution in [0.4, 0.5) is 4.39 Å². The first-order valence-electron chi connectivity index (χ1n) is 6.95. The van der Waals surface area contributed by atoms with E-state index >= 15 is 0 Å². The van der Waals surface area contributed by atoms with Gasteiger partial charge >= 0.3 is 0 Å². The molecule has 0 aliphatic heterocycles. The molecule has 2 atom stereocenters. The maximum Gasteiger partial charge on any atom is 0.137 e. The van der Waals surface area contributed by atoms with Crippen molar-refractivity contribution in [1.82, 2.24) is 0 Å². The lowest BCUT2D eigenvalue weighted by atomic mass is 9.77. The Kier molecular flexibility index (Phi) is 3.90. The average Bonchev–Trinajstić information content (AvgIpc) is 2.49. The Balaban J connectivity index is 1.95. The maximum absolute atomic E-state index is 13.4. The third kappa shape index (κ3) is 2.52. The zero-order valence-corrected chi connectivity index (χ0v) is 12.7. The zero-order valence-electron chi connectivity index (χ0n) is 11.2. The molecule has 2 unspecified atom stereocenters. The molecule has 20 heavy (non-hydrogen) atoms. The normalized spacial score (nSPS) is 19.4. The van der Waals surface area contributed by atoms with Crippen molar-refractivity contribution in [3.05, 3.63) is 69.4 Å². The third-order valence-electron chi connectivity index (χ3n) is 4.18. The molecule has 3 heteroatoms. The van der Waals surface area contributed by atoms with Crippen molar-refractivity contribution in [2.24, 2.45) is 5.73 Å². The molecular weight excluding hydrogens is 317 g/mol. The summed E-state index contributed by atoms with van der Waals surface area (Å²) in [5, 5.41) is 0. The van der Waals surface area contributed by atoms with E-state index in [1.54, 1.807) is 12.1 Å². The van der Waals surface area contributed by atoms with E-state index in [0.717, 1.165) is 24.8 Å². The van der Waals surface area contributed by atoms with Gasteiger partial charge in [-0.1, -0.05) is 30.3 Å². The Morgan fingerprint density at radius 1 is 1.20 bits per heavy atom. The van der Waals surface area contributed by atoms with Crippen LogP contribution in [0.1, 0.15) is 41.5 Å². The molecule has 0 amide bonds. The molecule has 0 aromatic heterocycles. The van der Waals surface area contributed by atoms with Crippen molar-refractivity contribution in [2.75, 3.05) is 0 Å². The number of rotatable bonds is 2. The van der Waals surface area contributed by atoms with Crippen LogP contribution in [0.15, 0.2) is 46.9 Å². The van der Waals surface area contributed by atoms with Crippen LogP contribution in [0.25, 0.3) is 0 Å². The number of aryl methyl sites for hydroxylation is 1.